The highest BCUT2D eigenvalue weighted by molar-refractivity contribution is 5.66. The molecule has 1 aromatic rings. The lowest BCUT2D eigenvalue weighted by Crippen LogP contribution is -2.12. The Labute approximate surface area is 112 Å². The van der Waals surface area contributed by atoms with Crippen molar-refractivity contribution in [2.45, 2.75) is 6.42 Å². The number of carboxylic acids is 1. The fourth-order valence-electron chi connectivity index (χ4n) is 1.26. The van der Waals surface area contributed by atoms with Crippen LogP contribution < -0.4 is 10.5 Å². The summed E-state index contributed by atoms with van der Waals surface area (Å²) in [5, 5.41) is 8.38. The van der Waals surface area contributed by atoms with Gasteiger partial charge in [0.1, 0.15) is 12.4 Å². The van der Waals surface area contributed by atoms with Crippen molar-refractivity contribution >= 4 is 11.7 Å². The average molecular weight is 269 g/mol. The second kappa shape index (κ2) is 9.18. The Morgan fingerprint density at radius 2 is 1.58 bits per heavy atom. The zero-order valence-corrected chi connectivity index (χ0v) is 10.7. The number of nitrogen functional groups attached to an aromatic ring is 1. The highest BCUT2D eigenvalue weighted by atomic mass is 16.5. The Hall–Kier alpha value is -1.79. The molecule has 106 valence electrons. The zero-order valence-electron chi connectivity index (χ0n) is 10.7. The lowest BCUT2D eigenvalue weighted by Gasteiger charge is -2.07. The van der Waals surface area contributed by atoms with Crippen LogP contribution in [0.1, 0.15) is 6.42 Å². The Morgan fingerprint density at radius 1 is 1.00 bits per heavy atom. The number of aliphatic carboxylic acids is 1. The van der Waals surface area contributed by atoms with Gasteiger partial charge >= 0.3 is 5.97 Å². The van der Waals surface area contributed by atoms with E-state index in [-0.39, 0.29) is 13.0 Å². The van der Waals surface area contributed by atoms with Gasteiger partial charge in [0, 0.05) is 5.69 Å². The molecule has 0 spiro atoms. The van der Waals surface area contributed by atoms with E-state index < -0.39 is 5.97 Å². The van der Waals surface area contributed by atoms with Crippen molar-refractivity contribution in [1.29, 1.82) is 0 Å². The number of benzene rings is 1. The Kier molecular flexibility index (Phi) is 7.38. The van der Waals surface area contributed by atoms with Crippen LogP contribution in [0.5, 0.6) is 5.75 Å². The zero-order chi connectivity index (χ0) is 13.9. The molecular formula is C13H19NO5. The standard InChI is InChI=1S/C13H19NO5/c14-11-1-3-12(4-2-11)19-10-9-18-8-7-17-6-5-13(15)16/h1-4H,5-10,14H2,(H,15,16). The molecule has 0 aliphatic carbocycles. The van der Waals surface area contributed by atoms with Crippen LogP contribution >= 0.6 is 0 Å². The molecule has 1 aromatic carbocycles. The van der Waals surface area contributed by atoms with Crippen LogP contribution in [0.2, 0.25) is 0 Å². The smallest absolute Gasteiger partial charge is 0.305 e. The van der Waals surface area contributed by atoms with Crippen LogP contribution in [0.4, 0.5) is 5.69 Å². The first-order valence-electron chi connectivity index (χ1n) is 6.04. The molecule has 0 amide bonds. The van der Waals surface area contributed by atoms with Crippen molar-refractivity contribution < 1.29 is 24.1 Å². The summed E-state index contributed by atoms with van der Waals surface area (Å²) in [5.74, 6) is -0.117. The van der Waals surface area contributed by atoms with Gasteiger partial charge in [-0.15, -0.1) is 0 Å². The Balaban J connectivity index is 1.91. The molecule has 0 fully saturated rings. The summed E-state index contributed by atoms with van der Waals surface area (Å²) in [6.07, 6.45) is 0.0141. The molecule has 0 unspecified atom stereocenters. The lowest BCUT2D eigenvalue weighted by molar-refractivity contribution is -0.138. The molecule has 19 heavy (non-hydrogen) atoms. The van der Waals surface area contributed by atoms with Gasteiger partial charge < -0.3 is 25.1 Å². The second-order valence-corrected chi connectivity index (χ2v) is 3.79. The topological polar surface area (TPSA) is 91.0 Å². The highest BCUT2D eigenvalue weighted by Gasteiger charge is 1.97. The molecule has 0 bridgehead atoms. The first kappa shape index (κ1) is 15.3. The van der Waals surface area contributed by atoms with Gasteiger partial charge in [-0.2, -0.15) is 0 Å². The summed E-state index contributed by atoms with van der Waals surface area (Å²) < 4.78 is 15.7. The third-order valence-electron chi connectivity index (χ3n) is 2.21. The molecule has 0 saturated heterocycles. The first-order chi connectivity index (χ1) is 9.18. The number of hydrogen-bond donors (Lipinski definition) is 2. The Bertz CT molecular complexity index is 366. The van der Waals surface area contributed by atoms with Crippen LogP contribution in [0.25, 0.3) is 0 Å². The van der Waals surface area contributed by atoms with E-state index >= 15 is 0 Å². The van der Waals surface area contributed by atoms with Crippen molar-refractivity contribution in [3.63, 3.8) is 0 Å². The third kappa shape index (κ3) is 8.01. The van der Waals surface area contributed by atoms with Gasteiger partial charge in [0.2, 0.25) is 0 Å². The molecule has 0 atom stereocenters. The van der Waals surface area contributed by atoms with Gasteiger partial charge in [0.25, 0.3) is 0 Å². The maximum Gasteiger partial charge on any atom is 0.305 e. The maximum atomic E-state index is 10.2. The van der Waals surface area contributed by atoms with Crippen molar-refractivity contribution in [2.75, 3.05) is 38.8 Å². The monoisotopic (exact) mass is 269 g/mol. The van der Waals surface area contributed by atoms with Gasteiger partial charge in [-0.05, 0) is 24.3 Å². The highest BCUT2D eigenvalue weighted by Crippen LogP contribution is 2.12. The van der Waals surface area contributed by atoms with Gasteiger partial charge in [-0.3, -0.25) is 4.79 Å². The van der Waals surface area contributed by atoms with E-state index in [1.165, 1.54) is 0 Å². The number of carbonyl (C=O) groups is 1. The SMILES string of the molecule is Nc1ccc(OCCOCCOCCC(=O)O)cc1. The summed E-state index contributed by atoms with van der Waals surface area (Å²) >= 11 is 0. The molecule has 1 rings (SSSR count). The van der Waals surface area contributed by atoms with Gasteiger partial charge in [0.05, 0.1) is 32.8 Å². The van der Waals surface area contributed by atoms with E-state index in [1.54, 1.807) is 24.3 Å². The second-order valence-electron chi connectivity index (χ2n) is 3.79. The van der Waals surface area contributed by atoms with Crippen LogP contribution in [0.15, 0.2) is 24.3 Å². The average Bonchev–Trinajstić information content (AvgIpc) is 2.38. The van der Waals surface area contributed by atoms with E-state index in [4.69, 9.17) is 25.1 Å². The van der Waals surface area contributed by atoms with Crippen LogP contribution in [-0.4, -0.2) is 44.1 Å². The number of hydrogen-bond acceptors (Lipinski definition) is 5. The molecule has 0 saturated carbocycles. The molecule has 0 radical (unpaired) electrons. The maximum absolute atomic E-state index is 10.2. The van der Waals surface area contributed by atoms with Crippen molar-refractivity contribution in [2.24, 2.45) is 0 Å². The number of nitrogens with two attached hydrogens (primary N) is 1. The summed E-state index contributed by atoms with van der Waals surface area (Å²) in [6.45, 7) is 1.91. The largest absolute Gasteiger partial charge is 0.491 e. The number of rotatable bonds is 10. The normalized spacial score (nSPS) is 10.3. The molecule has 6 heteroatoms. The predicted molar refractivity (Wildman–Crippen MR) is 70.2 cm³/mol. The number of anilines is 1. The molecule has 0 aromatic heterocycles. The summed E-state index contributed by atoms with van der Waals surface area (Å²) in [4.78, 5) is 10.2. The van der Waals surface area contributed by atoms with E-state index in [1.807, 2.05) is 0 Å². The predicted octanol–water partition coefficient (Wildman–Crippen LogP) is 1.16. The molecule has 0 aliphatic rings. The van der Waals surface area contributed by atoms with Crippen molar-refractivity contribution in [3.8, 4) is 5.75 Å². The minimum atomic E-state index is -0.863. The van der Waals surface area contributed by atoms with E-state index in [0.717, 1.165) is 5.75 Å². The van der Waals surface area contributed by atoms with Crippen molar-refractivity contribution in [1.82, 2.24) is 0 Å². The Morgan fingerprint density at radius 3 is 2.21 bits per heavy atom. The van der Waals surface area contributed by atoms with E-state index in [9.17, 15) is 4.79 Å². The molecule has 3 N–H and O–H groups in total. The van der Waals surface area contributed by atoms with Crippen LogP contribution in [0.3, 0.4) is 0 Å². The van der Waals surface area contributed by atoms with Gasteiger partial charge in [0.15, 0.2) is 0 Å². The number of carboxylic acid groups (broad SMARTS) is 1. The van der Waals surface area contributed by atoms with E-state index in [2.05, 4.69) is 0 Å². The quantitative estimate of drug-likeness (QED) is 0.489. The first-order valence-corrected chi connectivity index (χ1v) is 6.04. The van der Waals surface area contributed by atoms with Crippen LogP contribution in [-0.2, 0) is 14.3 Å². The lowest BCUT2D eigenvalue weighted by atomic mass is 10.3. The number of ether oxygens (including phenoxy) is 3. The summed E-state index contributed by atoms with van der Waals surface area (Å²) in [5.41, 5.74) is 6.25. The molecule has 0 heterocycles. The fourth-order valence-corrected chi connectivity index (χ4v) is 1.26. The van der Waals surface area contributed by atoms with E-state index in [0.29, 0.717) is 32.1 Å². The minimum Gasteiger partial charge on any atom is -0.491 e. The van der Waals surface area contributed by atoms with Gasteiger partial charge in [-0.1, -0.05) is 0 Å². The molecular weight excluding hydrogens is 250 g/mol. The molecule has 0 aliphatic heterocycles. The fraction of sp³-hybridized carbons (Fsp3) is 0.462. The third-order valence-corrected chi connectivity index (χ3v) is 2.21. The van der Waals surface area contributed by atoms with Crippen LogP contribution in [0, 0.1) is 0 Å². The molecule has 6 nitrogen and oxygen atoms in total. The summed E-state index contributed by atoms with van der Waals surface area (Å²) in [7, 11) is 0. The summed E-state index contributed by atoms with van der Waals surface area (Å²) in [6, 6.07) is 7.13. The van der Waals surface area contributed by atoms with Crippen molar-refractivity contribution in [3.05, 3.63) is 24.3 Å². The minimum absolute atomic E-state index is 0.0141. The van der Waals surface area contributed by atoms with Gasteiger partial charge in [-0.25, -0.2) is 0 Å².